The van der Waals surface area contributed by atoms with Gasteiger partial charge in [0, 0.05) is 23.1 Å². The second-order valence-corrected chi connectivity index (χ2v) is 6.41. The topological polar surface area (TPSA) is 84.4 Å². The number of rotatable bonds is 5. The van der Waals surface area contributed by atoms with Crippen molar-refractivity contribution >= 4 is 39.4 Å². The van der Waals surface area contributed by atoms with Crippen molar-refractivity contribution in [3.63, 3.8) is 0 Å². The van der Waals surface area contributed by atoms with Crippen molar-refractivity contribution in [1.82, 2.24) is 9.97 Å². The van der Waals surface area contributed by atoms with E-state index in [1.54, 1.807) is 24.3 Å². The lowest BCUT2D eigenvalue weighted by Crippen LogP contribution is -2.07. The monoisotopic (exact) mass is 382 g/mol. The van der Waals surface area contributed by atoms with Crippen LogP contribution in [0.4, 0.5) is 0 Å². The van der Waals surface area contributed by atoms with Crippen LogP contribution in [0.1, 0.15) is 16.1 Å². The van der Waals surface area contributed by atoms with E-state index in [-0.39, 0.29) is 12.3 Å². The van der Waals surface area contributed by atoms with Crippen molar-refractivity contribution in [2.75, 3.05) is 7.11 Å². The predicted molar refractivity (Wildman–Crippen MR) is 103 cm³/mol. The third kappa shape index (κ3) is 3.09. The number of H-pyrrole nitrogens is 1. The van der Waals surface area contributed by atoms with Gasteiger partial charge in [-0.05, 0) is 36.4 Å². The average molecular weight is 383 g/mol. The highest BCUT2D eigenvalue weighted by Gasteiger charge is 2.20. The Morgan fingerprint density at radius 3 is 2.63 bits per heavy atom. The number of aromatic carboxylic acids is 1. The Labute approximate surface area is 159 Å². The number of carboxylic acid groups (broad SMARTS) is 1. The van der Waals surface area contributed by atoms with Gasteiger partial charge in [-0.1, -0.05) is 17.7 Å². The summed E-state index contributed by atoms with van der Waals surface area (Å²) in [5.41, 5.74) is 2.00. The van der Waals surface area contributed by atoms with Crippen molar-refractivity contribution in [3.8, 4) is 11.5 Å². The lowest BCUT2D eigenvalue weighted by molar-refractivity contribution is 0.0685. The van der Waals surface area contributed by atoms with Crippen LogP contribution >= 0.6 is 11.6 Å². The normalized spacial score (nSPS) is 11.2. The maximum atomic E-state index is 11.6. The van der Waals surface area contributed by atoms with E-state index in [2.05, 4.69) is 9.97 Å². The van der Waals surface area contributed by atoms with Gasteiger partial charge in [-0.3, -0.25) is 0 Å². The van der Waals surface area contributed by atoms with E-state index in [0.717, 1.165) is 16.3 Å². The maximum Gasteiger partial charge on any atom is 0.354 e. The lowest BCUT2D eigenvalue weighted by Gasteiger charge is -2.10. The van der Waals surface area contributed by atoms with E-state index in [4.69, 9.17) is 21.1 Å². The number of nitrogens with zero attached hydrogens (tertiary/aromatic N) is 1. The minimum atomic E-state index is -1.10. The Hall–Kier alpha value is -3.09. The van der Waals surface area contributed by atoms with Gasteiger partial charge in [0.1, 0.15) is 11.5 Å². The molecule has 136 valence electrons. The van der Waals surface area contributed by atoms with Crippen molar-refractivity contribution in [3.05, 3.63) is 64.9 Å². The molecule has 0 saturated heterocycles. The van der Waals surface area contributed by atoms with Crippen LogP contribution in [0.3, 0.4) is 0 Å². The van der Waals surface area contributed by atoms with Crippen LogP contribution < -0.4 is 4.74 Å². The molecule has 0 amide bonds. The van der Waals surface area contributed by atoms with E-state index < -0.39 is 5.97 Å². The van der Waals surface area contributed by atoms with Crippen LogP contribution in [0, 0.1) is 0 Å². The molecule has 2 N–H and O–H groups in total. The largest absolute Gasteiger partial charge is 0.477 e. The number of pyridine rings is 1. The number of fused-ring (bicyclic) bond motifs is 3. The first kappa shape index (κ1) is 17.3. The van der Waals surface area contributed by atoms with E-state index in [1.807, 2.05) is 18.2 Å². The third-order valence-electron chi connectivity index (χ3n) is 4.26. The molecule has 7 heteroatoms. The summed E-state index contributed by atoms with van der Waals surface area (Å²) in [6.07, 6.45) is 1.52. The number of methoxy groups -OCH3 is 1. The Morgan fingerprint density at radius 2 is 1.93 bits per heavy atom. The molecule has 0 saturated carbocycles. The molecule has 0 aliphatic carbocycles. The number of hydrogen-bond acceptors (Lipinski definition) is 4. The fraction of sp³-hybridized carbons (Fsp3) is 0.100. The minimum Gasteiger partial charge on any atom is -0.477 e. The Kier molecular flexibility index (Phi) is 4.43. The van der Waals surface area contributed by atoms with E-state index in [0.29, 0.717) is 27.6 Å². The Morgan fingerprint density at radius 1 is 1.15 bits per heavy atom. The highest BCUT2D eigenvalue weighted by Crippen LogP contribution is 2.38. The molecule has 0 radical (unpaired) electrons. The molecule has 2 aromatic carbocycles. The summed E-state index contributed by atoms with van der Waals surface area (Å²) in [7, 11) is 1.52. The summed E-state index contributed by atoms with van der Waals surface area (Å²) in [6.45, 7) is 0.119. The number of carbonyl (C=O) groups is 1. The number of halogens is 1. The zero-order valence-corrected chi connectivity index (χ0v) is 15.1. The maximum absolute atomic E-state index is 11.6. The summed E-state index contributed by atoms with van der Waals surface area (Å²) in [6, 6.07) is 12.6. The predicted octanol–water partition coefficient (Wildman–Crippen LogP) is 5.01. The highest BCUT2D eigenvalue weighted by atomic mass is 35.5. The third-order valence-corrected chi connectivity index (χ3v) is 4.51. The van der Waals surface area contributed by atoms with Crippen LogP contribution in [0.5, 0.6) is 11.5 Å². The average Bonchev–Trinajstić information content (AvgIpc) is 3.04. The summed E-state index contributed by atoms with van der Waals surface area (Å²) in [5.74, 6) is 0.123. The van der Waals surface area contributed by atoms with Gasteiger partial charge in [-0.2, -0.15) is 0 Å². The SMILES string of the molecule is COCc1c(C(=O)O)ncc2[nH]c3cccc(Oc4ccc(Cl)cc4)c3c12. The number of nitrogens with one attached hydrogen (secondary N) is 1. The number of hydrogen-bond donors (Lipinski definition) is 2. The van der Waals surface area contributed by atoms with Gasteiger partial charge < -0.3 is 19.6 Å². The van der Waals surface area contributed by atoms with Crippen LogP contribution in [0.15, 0.2) is 48.7 Å². The van der Waals surface area contributed by atoms with E-state index in [9.17, 15) is 9.90 Å². The zero-order valence-electron chi connectivity index (χ0n) is 14.3. The summed E-state index contributed by atoms with van der Waals surface area (Å²) in [4.78, 5) is 19.0. The first-order chi connectivity index (χ1) is 13.1. The Bertz CT molecular complexity index is 1150. The smallest absolute Gasteiger partial charge is 0.354 e. The number of aromatic amines is 1. The highest BCUT2D eigenvalue weighted by molar-refractivity contribution is 6.30. The quantitative estimate of drug-likeness (QED) is 0.507. The number of benzene rings is 2. The molecule has 0 atom stereocenters. The molecule has 0 bridgehead atoms. The molecule has 2 aromatic heterocycles. The molecule has 2 heterocycles. The van der Waals surface area contributed by atoms with Crippen molar-refractivity contribution in [1.29, 1.82) is 0 Å². The van der Waals surface area contributed by atoms with Crippen molar-refractivity contribution < 1.29 is 19.4 Å². The molecule has 0 aliphatic heterocycles. The molecule has 27 heavy (non-hydrogen) atoms. The molecule has 4 aromatic rings. The lowest BCUT2D eigenvalue weighted by atomic mass is 10.1. The van der Waals surface area contributed by atoms with Crippen LogP contribution in [0.25, 0.3) is 21.8 Å². The second-order valence-electron chi connectivity index (χ2n) is 5.97. The number of carboxylic acids is 1. The molecule has 0 unspecified atom stereocenters. The molecular weight excluding hydrogens is 368 g/mol. The molecular formula is C20H15ClN2O4. The van der Waals surface area contributed by atoms with Gasteiger partial charge in [0.25, 0.3) is 0 Å². The van der Waals surface area contributed by atoms with Gasteiger partial charge >= 0.3 is 5.97 Å². The van der Waals surface area contributed by atoms with Gasteiger partial charge in [0.2, 0.25) is 0 Å². The van der Waals surface area contributed by atoms with Gasteiger partial charge in [-0.15, -0.1) is 0 Å². The number of aromatic nitrogens is 2. The van der Waals surface area contributed by atoms with Crippen molar-refractivity contribution in [2.45, 2.75) is 6.61 Å². The van der Waals surface area contributed by atoms with Crippen LogP contribution in [-0.2, 0) is 11.3 Å². The fourth-order valence-electron chi connectivity index (χ4n) is 3.15. The standard InChI is InChI=1S/C20H15ClN2O4/c1-26-10-13-17-15(9-22-19(13)20(24)25)23-14-3-2-4-16(18(14)17)27-12-7-5-11(21)6-8-12/h2-9,23H,10H2,1H3,(H,24,25). The molecule has 0 aliphatic rings. The molecule has 4 rings (SSSR count). The van der Waals surface area contributed by atoms with Crippen molar-refractivity contribution in [2.24, 2.45) is 0 Å². The first-order valence-corrected chi connectivity index (χ1v) is 8.54. The van der Waals surface area contributed by atoms with Crippen LogP contribution in [-0.4, -0.2) is 28.2 Å². The molecule has 0 spiro atoms. The summed E-state index contributed by atoms with van der Waals surface area (Å²) in [5, 5.41) is 11.6. The summed E-state index contributed by atoms with van der Waals surface area (Å²) < 4.78 is 11.3. The van der Waals surface area contributed by atoms with Gasteiger partial charge in [0.05, 0.1) is 29.2 Å². The van der Waals surface area contributed by atoms with Gasteiger partial charge in [-0.25, -0.2) is 9.78 Å². The molecule has 6 nitrogen and oxygen atoms in total. The minimum absolute atomic E-state index is 0.0356. The van der Waals surface area contributed by atoms with E-state index >= 15 is 0 Å². The summed E-state index contributed by atoms with van der Waals surface area (Å²) >= 11 is 5.94. The Balaban J connectivity index is 1.98. The molecule has 0 fully saturated rings. The number of ether oxygens (including phenoxy) is 2. The van der Waals surface area contributed by atoms with Crippen LogP contribution in [0.2, 0.25) is 5.02 Å². The first-order valence-electron chi connectivity index (χ1n) is 8.16. The zero-order chi connectivity index (χ0) is 19.0. The fourth-order valence-corrected chi connectivity index (χ4v) is 3.28. The second kappa shape index (κ2) is 6.90. The van der Waals surface area contributed by atoms with E-state index in [1.165, 1.54) is 13.3 Å². The van der Waals surface area contributed by atoms with Gasteiger partial charge in [0.15, 0.2) is 5.69 Å².